The fourth-order valence-electron chi connectivity index (χ4n) is 3.91. The monoisotopic (exact) mass is 525 g/mol. The molecule has 0 saturated carbocycles. The molecule has 35 heavy (non-hydrogen) atoms. The van der Waals surface area contributed by atoms with Gasteiger partial charge in [-0.05, 0) is 74.5 Å². The molecule has 3 rings (SSSR count). The van der Waals surface area contributed by atoms with Crippen LogP contribution in [0.4, 0.5) is 11.4 Å². The van der Waals surface area contributed by atoms with Crippen molar-refractivity contribution in [1.82, 2.24) is 4.90 Å². The first-order chi connectivity index (χ1) is 16.4. The predicted octanol–water partition coefficient (Wildman–Crippen LogP) is 1.76. The fourth-order valence-corrected chi connectivity index (χ4v) is 5.03. The van der Waals surface area contributed by atoms with Crippen molar-refractivity contribution in [1.29, 1.82) is 0 Å². The number of nitrogens with one attached hydrogen (secondary N) is 2. The lowest BCUT2D eigenvalue weighted by Crippen LogP contribution is -2.42. The molecule has 1 aliphatic heterocycles. The molecule has 2 aromatic carbocycles. The Kier molecular flexibility index (Phi) is 8.75. The van der Waals surface area contributed by atoms with Crippen LogP contribution in [0.1, 0.15) is 23.2 Å². The number of Topliss-reactive ketones (excluding diaryl/α,β-unsaturated/α-hetero) is 1. The van der Waals surface area contributed by atoms with Gasteiger partial charge in [0.05, 0.1) is 12.5 Å². The lowest BCUT2D eigenvalue weighted by molar-refractivity contribution is 0.0524. The number of likely N-dealkylation sites (tertiary alicyclic amines) is 1. The number of β-amino-alcohol motifs (C(OH)–C–C–N with tert-alkyl or cyclic N) is 1. The van der Waals surface area contributed by atoms with Gasteiger partial charge in [0.1, 0.15) is 18.5 Å². The highest BCUT2D eigenvalue weighted by Crippen LogP contribution is 2.23. The summed E-state index contributed by atoms with van der Waals surface area (Å²) in [5.74, 6) is 0.436. The first-order valence-corrected chi connectivity index (χ1v) is 14.9. The van der Waals surface area contributed by atoms with Crippen LogP contribution in [-0.4, -0.2) is 77.5 Å². The zero-order chi connectivity index (χ0) is 25.6. The van der Waals surface area contributed by atoms with Gasteiger partial charge >= 0.3 is 0 Å². The fraction of sp³-hybridized carbons (Fsp3) is 0.435. The standard InChI is InChI=1S/C23H31N3O7S2/c1-34(29,30)24-19-5-3-17(4-6-19)23(28)18-11-13-26(14-12-18)15-21(27)16-33-22-9-7-20(8-10-22)25-35(2,31)32/h3-10,18,21,24-25,27H,11-16H2,1-2H3. The second kappa shape index (κ2) is 11.4. The molecule has 1 unspecified atom stereocenters. The Bertz CT molecular complexity index is 1210. The average molecular weight is 526 g/mol. The summed E-state index contributed by atoms with van der Waals surface area (Å²) in [5, 5.41) is 10.4. The maximum Gasteiger partial charge on any atom is 0.229 e. The van der Waals surface area contributed by atoms with Gasteiger partial charge in [0.2, 0.25) is 20.0 Å². The van der Waals surface area contributed by atoms with E-state index in [0.29, 0.717) is 55.2 Å². The van der Waals surface area contributed by atoms with E-state index in [-0.39, 0.29) is 18.3 Å². The molecule has 12 heteroatoms. The summed E-state index contributed by atoms with van der Waals surface area (Å²) in [7, 11) is -6.71. The minimum absolute atomic E-state index is 0.0354. The van der Waals surface area contributed by atoms with E-state index in [2.05, 4.69) is 14.3 Å². The highest BCUT2D eigenvalue weighted by molar-refractivity contribution is 7.92. The summed E-state index contributed by atoms with van der Waals surface area (Å²) in [6, 6.07) is 12.8. The molecule has 0 spiro atoms. The minimum atomic E-state index is -3.37. The number of carbonyl (C=O) groups excluding carboxylic acids is 1. The molecule has 1 heterocycles. The Morgan fingerprint density at radius 3 is 1.91 bits per heavy atom. The molecule has 1 aliphatic rings. The van der Waals surface area contributed by atoms with E-state index in [1.807, 2.05) is 0 Å². The highest BCUT2D eigenvalue weighted by Gasteiger charge is 2.27. The number of rotatable bonds is 11. The second-order valence-electron chi connectivity index (χ2n) is 8.75. The van der Waals surface area contributed by atoms with Crippen molar-refractivity contribution in [2.75, 3.05) is 48.2 Å². The van der Waals surface area contributed by atoms with E-state index in [0.717, 1.165) is 12.5 Å². The zero-order valence-electron chi connectivity index (χ0n) is 19.7. The third-order valence-electron chi connectivity index (χ3n) is 5.50. The molecule has 1 saturated heterocycles. The molecule has 0 aliphatic carbocycles. The summed E-state index contributed by atoms with van der Waals surface area (Å²) < 4.78 is 55.5. The van der Waals surface area contributed by atoms with Crippen LogP contribution >= 0.6 is 0 Å². The zero-order valence-corrected chi connectivity index (χ0v) is 21.3. The SMILES string of the molecule is CS(=O)(=O)Nc1ccc(OCC(O)CN2CCC(C(=O)c3ccc(NS(C)(=O)=O)cc3)CC2)cc1. The van der Waals surface area contributed by atoms with Crippen molar-refractivity contribution in [3.8, 4) is 5.75 Å². The van der Waals surface area contributed by atoms with E-state index in [9.17, 15) is 26.7 Å². The summed E-state index contributed by atoms with van der Waals surface area (Å²) in [4.78, 5) is 14.9. The van der Waals surface area contributed by atoms with Gasteiger partial charge in [0, 0.05) is 29.4 Å². The van der Waals surface area contributed by atoms with Crippen LogP contribution < -0.4 is 14.2 Å². The Hall–Kier alpha value is -2.67. The molecular formula is C23H31N3O7S2. The van der Waals surface area contributed by atoms with Crippen molar-refractivity contribution in [3.63, 3.8) is 0 Å². The molecule has 2 aromatic rings. The number of ether oxygens (including phenoxy) is 1. The number of hydrogen-bond donors (Lipinski definition) is 3. The van der Waals surface area contributed by atoms with Crippen LogP contribution in [0.5, 0.6) is 5.75 Å². The number of carbonyl (C=O) groups is 1. The van der Waals surface area contributed by atoms with E-state index < -0.39 is 26.2 Å². The number of anilines is 2. The number of aliphatic hydroxyl groups excluding tert-OH is 1. The highest BCUT2D eigenvalue weighted by atomic mass is 32.2. The quantitative estimate of drug-likeness (QED) is 0.377. The van der Waals surface area contributed by atoms with Gasteiger partial charge in [0.25, 0.3) is 0 Å². The Morgan fingerprint density at radius 1 is 0.943 bits per heavy atom. The smallest absolute Gasteiger partial charge is 0.229 e. The first-order valence-electron chi connectivity index (χ1n) is 11.1. The molecule has 192 valence electrons. The van der Waals surface area contributed by atoms with Gasteiger partial charge < -0.3 is 14.7 Å². The number of ketones is 1. The Labute approximate surface area is 206 Å². The molecule has 0 bridgehead atoms. The minimum Gasteiger partial charge on any atom is -0.491 e. The third-order valence-corrected chi connectivity index (χ3v) is 6.71. The molecule has 3 N–H and O–H groups in total. The molecule has 0 aromatic heterocycles. The van der Waals surface area contributed by atoms with Crippen molar-refractivity contribution in [2.24, 2.45) is 5.92 Å². The number of piperidine rings is 1. The van der Waals surface area contributed by atoms with Gasteiger partial charge in [-0.1, -0.05) is 0 Å². The third kappa shape index (κ3) is 9.13. The Morgan fingerprint density at radius 2 is 1.43 bits per heavy atom. The van der Waals surface area contributed by atoms with Gasteiger partial charge in [-0.2, -0.15) is 0 Å². The number of sulfonamides is 2. The Balaban J connectivity index is 1.41. The van der Waals surface area contributed by atoms with Crippen LogP contribution in [0.2, 0.25) is 0 Å². The van der Waals surface area contributed by atoms with Crippen LogP contribution in [0.3, 0.4) is 0 Å². The summed E-state index contributed by atoms with van der Waals surface area (Å²) >= 11 is 0. The normalized spacial score (nSPS) is 16.4. The molecule has 1 atom stereocenters. The van der Waals surface area contributed by atoms with Crippen molar-refractivity contribution in [2.45, 2.75) is 18.9 Å². The van der Waals surface area contributed by atoms with Crippen LogP contribution in [0.25, 0.3) is 0 Å². The largest absolute Gasteiger partial charge is 0.491 e. The van der Waals surface area contributed by atoms with Gasteiger partial charge in [-0.3, -0.25) is 14.2 Å². The van der Waals surface area contributed by atoms with Crippen molar-refractivity contribution >= 4 is 37.2 Å². The van der Waals surface area contributed by atoms with Crippen molar-refractivity contribution < 1.29 is 31.5 Å². The van der Waals surface area contributed by atoms with Gasteiger partial charge in [-0.15, -0.1) is 0 Å². The van der Waals surface area contributed by atoms with E-state index in [1.54, 1.807) is 48.5 Å². The maximum absolute atomic E-state index is 12.8. The number of benzene rings is 2. The molecule has 1 fully saturated rings. The summed E-state index contributed by atoms with van der Waals surface area (Å²) in [5.41, 5.74) is 1.39. The molecule has 0 radical (unpaired) electrons. The van der Waals surface area contributed by atoms with Gasteiger partial charge in [0.15, 0.2) is 5.78 Å². The number of nitrogens with zero attached hydrogens (tertiary/aromatic N) is 1. The summed E-state index contributed by atoms with van der Waals surface area (Å²) in [6.45, 7) is 1.85. The first kappa shape index (κ1) is 26.9. The van der Waals surface area contributed by atoms with E-state index in [1.165, 1.54) is 0 Å². The number of hydrogen-bond acceptors (Lipinski definition) is 8. The predicted molar refractivity (Wildman–Crippen MR) is 135 cm³/mol. The lowest BCUT2D eigenvalue weighted by atomic mass is 9.88. The van der Waals surface area contributed by atoms with Crippen LogP contribution in [0, 0.1) is 5.92 Å². The lowest BCUT2D eigenvalue weighted by Gasteiger charge is -2.32. The molecule has 10 nitrogen and oxygen atoms in total. The average Bonchev–Trinajstić information content (AvgIpc) is 2.77. The maximum atomic E-state index is 12.8. The topological polar surface area (TPSA) is 142 Å². The van der Waals surface area contributed by atoms with Gasteiger partial charge in [-0.25, -0.2) is 16.8 Å². The van der Waals surface area contributed by atoms with E-state index in [4.69, 9.17) is 4.74 Å². The second-order valence-corrected chi connectivity index (χ2v) is 12.3. The van der Waals surface area contributed by atoms with Crippen LogP contribution in [0.15, 0.2) is 48.5 Å². The molecular weight excluding hydrogens is 494 g/mol. The van der Waals surface area contributed by atoms with Crippen molar-refractivity contribution in [3.05, 3.63) is 54.1 Å². The van der Waals surface area contributed by atoms with Crippen LogP contribution in [-0.2, 0) is 20.0 Å². The summed E-state index contributed by atoms with van der Waals surface area (Å²) in [6.07, 6.45) is 2.77. The van der Waals surface area contributed by atoms with E-state index >= 15 is 0 Å². The molecule has 0 amide bonds. The number of aliphatic hydroxyl groups is 1.